The average molecular weight is 525 g/mol. The Morgan fingerprint density at radius 3 is 2.59 bits per heavy atom. The molecule has 4 rings (SSSR count). The molecule has 1 aromatic carbocycles. The number of aromatic nitrogens is 4. The van der Waals surface area contributed by atoms with Crippen molar-refractivity contribution in [3.63, 3.8) is 0 Å². The van der Waals surface area contributed by atoms with Gasteiger partial charge in [-0.05, 0) is 52.9 Å². The molecule has 1 aliphatic rings. The molecule has 0 spiro atoms. The maximum Gasteiger partial charge on any atom is 0.240 e. The minimum Gasteiger partial charge on any atom is -0.396 e. The van der Waals surface area contributed by atoms with Crippen LogP contribution in [-0.4, -0.2) is 56.4 Å². The van der Waals surface area contributed by atoms with Crippen LogP contribution in [-0.2, 0) is 11.3 Å². The fraction of sp³-hybridized carbons (Fsp3) is 0.429. The largest absolute Gasteiger partial charge is 0.396 e. The van der Waals surface area contributed by atoms with E-state index in [4.69, 9.17) is 22.4 Å². The van der Waals surface area contributed by atoms with Gasteiger partial charge in [-0.2, -0.15) is 5.10 Å². The van der Waals surface area contributed by atoms with Crippen molar-refractivity contribution in [2.24, 2.45) is 5.73 Å². The van der Waals surface area contributed by atoms with Crippen LogP contribution in [0.25, 0.3) is 11.0 Å². The zero-order chi connectivity index (χ0) is 23.1. The van der Waals surface area contributed by atoms with Crippen molar-refractivity contribution in [2.45, 2.75) is 38.3 Å². The predicted octanol–water partition coefficient (Wildman–Crippen LogP) is 2.77. The molecular formula is C21H27BrClN7O2. The van der Waals surface area contributed by atoms with Crippen molar-refractivity contribution in [3.8, 4) is 0 Å². The summed E-state index contributed by atoms with van der Waals surface area (Å²) in [6.45, 7) is 3.91. The minimum absolute atomic E-state index is 0.139. The van der Waals surface area contributed by atoms with E-state index in [2.05, 4.69) is 46.3 Å². The van der Waals surface area contributed by atoms with Gasteiger partial charge < -0.3 is 21.1 Å². The summed E-state index contributed by atoms with van der Waals surface area (Å²) < 4.78 is 0.739. The summed E-state index contributed by atoms with van der Waals surface area (Å²) >= 11 is 9.35. The van der Waals surface area contributed by atoms with E-state index < -0.39 is 5.54 Å². The Hall–Kier alpha value is -2.27. The number of aliphatic hydroxyl groups excluding tert-OH is 1. The summed E-state index contributed by atoms with van der Waals surface area (Å²) in [5.74, 6) is 0.647. The molecule has 0 radical (unpaired) electrons. The number of aliphatic hydroxyl groups is 1. The SMILES string of the molecule is CCCO.NC1(C(=O)NCc2ccc(Cl)cc2)CCN(c2ncnc3n[nH]c(Br)c23)CC1. The molecule has 1 saturated heterocycles. The third kappa shape index (κ3) is 5.74. The number of rotatable bonds is 5. The van der Waals surface area contributed by atoms with Gasteiger partial charge in [-0.25, -0.2) is 9.97 Å². The van der Waals surface area contributed by atoms with Crippen LogP contribution in [0.1, 0.15) is 31.7 Å². The Labute approximate surface area is 199 Å². The van der Waals surface area contributed by atoms with Crippen LogP contribution in [0.5, 0.6) is 0 Å². The van der Waals surface area contributed by atoms with Crippen LogP contribution in [0.3, 0.4) is 0 Å². The molecule has 0 saturated carbocycles. The maximum atomic E-state index is 12.7. The molecular weight excluding hydrogens is 498 g/mol. The molecule has 172 valence electrons. The first kappa shape index (κ1) is 24.4. The quantitative estimate of drug-likeness (QED) is 0.403. The number of halogens is 2. The first-order valence-corrected chi connectivity index (χ1v) is 11.6. The van der Waals surface area contributed by atoms with E-state index in [1.807, 2.05) is 19.1 Å². The Morgan fingerprint density at radius 2 is 1.97 bits per heavy atom. The summed E-state index contributed by atoms with van der Waals surface area (Å²) in [4.78, 5) is 23.4. The summed E-state index contributed by atoms with van der Waals surface area (Å²) in [7, 11) is 0. The number of hydrogen-bond acceptors (Lipinski definition) is 7. The number of nitrogens with zero attached hydrogens (tertiary/aromatic N) is 4. The van der Waals surface area contributed by atoms with Gasteiger partial charge in [0, 0.05) is 31.3 Å². The maximum absolute atomic E-state index is 12.7. The molecule has 0 aliphatic carbocycles. The standard InChI is InChI=1S/C18H19BrClN7O.C3H8O/c19-14-13-15(26-25-14)23-10-24-16(13)27-7-5-18(21,6-8-27)17(28)22-9-11-1-3-12(20)4-2-11;1-2-3-4/h1-4,10H,5-9,21H2,(H,22,28)(H,23,24,25,26);4H,2-3H2,1H3. The number of carbonyl (C=O) groups excluding carboxylic acids is 1. The molecule has 1 fully saturated rings. The van der Waals surface area contributed by atoms with Gasteiger partial charge in [0.15, 0.2) is 5.65 Å². The van der Waals surface area contributed by atoms with Crippen molar-refractivity contribution in [1.29, 1.82) is 0 Å². The first-order valence-electron chi connectivity index (χ1n) is 10.4. The highest BCUT2D eigenvalue weighted by atomic mass is 79.9. The van der Waals surface area contributed by atoms with Crippen LogP contribution < -0.4 is 16.0 Å². The van der Waals surface area contributed by atoms with E-state index in [0.717, 1.165) is 27.8 Å². The van der Waals surface area contributed by atoms with Gasteiger partial charge in [0.25, 0.3) is 0 Å². The lowest BCUT2D eigenvalue weighted by Gasteiger charge is -2.38. The van der Waals surface area contributed by atoms with Gasteiger partial charge in [-0.1, -0.05) is 30.7 Å². The van der Waals surface area contributed by atoms with Gasteiger partial charge >= 0.3 is 0 Å². The van der Waals surface area contributed by atoms with Crippen LogP contribution in [0, 0.1) is 0 Å². The van der Waals surface area contributed by atoms with Gasteiger partial charge in [-0.3, -0.25) is 9.89 Å². The number of hydrogen-bond donors (Lipinski definition) is 4. The normalized spacial score (nSPS) is 15.2. The summed E-state index contributed by atoms with van der Waals surface area (Å²) in [6.07, 6.45) is 3.43. The number of nitrogens with two attached hydrogens (primary N) is 1. The molecule has 1 aliphatic heterocycles. The zero-order valence-corrected chi connectivity index (χ0v) is 20.2. The third-order valence-electron chi connectivity index (χ3n) is 5.28. The summed E-state index contributed by atoms with van der Waals surface area (Å²) in [5.41, 5.74) is 7.11. The molecule has 2 aromatic heterocycles. The van der Waals surface area contributed by atoms with Crippen molar-refractivity contribution in [3.05, 3.63) is 45.8 Å². The van der Waals surface area contributed by atoms with Crippen LogP contribution in [0.4, 0.5) is 5.82 Å². The fourth-order valence-corrected chi connectivity index (χ4v) is 3.92. The lowest BCUT2D eigenvalue weighted by molar-refractivity contribution is -0.127. The number of fused-ring (bicyclic) bond motifs is 1. The predicted molar refractivity (Wildman–Crippen MR) is 128 cm³/mol. The fourth-order valence-electron chi connectivity index (χ4n) is 3.35. The average Bonchev–Trinajstić information content (AvgIpc) is 3.20. The van der Waals surface area contributed by atoms with Crippen LogP contribution >= 0.6 is 27.5 Å². The van der Waals surface area contributed by atoms with Gasteiger partial charge in [0.05, 0.1) is 10.9 Å². The van der Waals surface area contributed by atoms with Crippen LogP contribution in [0.2, 0.25) is 5.02 Å². The first-order chi connectivity index (χ1) is 15.4. The lowest BCUT2D eigenvalue weighted by atomic mass is 9.87. The second kappa shape index (κ2) is 11.0. The monoisotopic (exact) mass is 523 g/mol. The third-order valence-corrected chi connectivity index (χ3v) is 6.11. The number of piperidine rings is 1. The number of anilines is 1. The number of H-pyrrole nitrogens is 1. The number of amides is 1. The highest BCUT2D eigenvalue weighted by molar-refractivity contribution is 9.10. The Balaban J connectivity index is 0.000000668. The van der Waals surface area contributed by atoms with Crippen molar-refractivity contribution < 1.29 is 9.90 Å². The van der Waals surface area contributed by atoms with Crippen molar-refractivity contribution >= 4 is 50.3 Å². The molecule has 3 aromatic rings. The topological polar surface area (TPSA) is 133 Å². The van der Waals surface area contributed by atoms with E-state index in [9.17, 15) is 4.79 Å². The van der Waals surface area contributed by atoms with E-state index in [0.29, 0.717) is 49.8 Å². The van der Waals surface area contributed by atoms with Gasteiger partial charge in [0.2, 0.25) is 5.91 Å². The van der Waals surface area contributed by atoms with E-state index in [1.54, 1.807) is 12.1 Å². The number of aromatic amines is 1. The van der Waals surface area contributed by atoms with Crippen molar-refractivity contribution in [2.75, 3.05) is 24.6 Å². The molecule has 0 unspecified atom stereocenters. The second-order valence-electron chi connectivity index (χ2n) is 7.61. The second-order valence-corrected chi connectivity index (χ2v) is 8.84. The van der Waals surface area contributed by atoms with Gasteiger partial charge in [-0.15, -0.1) is 0 Å². The molecule has 0 bridgehead atoms. The molecule has 5 N–H and O–H groups in total. The minimum atomic E-state index is -0.900. The zero-order valence-electron chi connectivity index (χ0n) is 17.8. The Bertz CT molecular complexity index is 1030. The number of carbonyl (C=O) groups is 1. The smallest absolute Gasteiger partial charge is 0.240 e. The molecule has 32 heavy (non-hydrogen) atoms. The molecule has 0 atom stereocenters. The highest BCUT2D eigenvalue weighted by Gasteiger charge is 2.38. The highest BCUT2D eigenvalue weighted by Crippen LogP contribution is 2.31. The molecule has 11 heteroatoms. The van der Waals surface area contributed by atoms with E-state index in [-0.39, 0.29) is 5.91 Å². The van der Waals surface area contributed by atoms with Crippen molar-refractivity contribution in [1.82, 2.24) is 25.5 Å². The molecule has 3 heterocycles. The van der Waals surface area contributed by atoms with E-state index >= 15 is 0 Å². The van der Waals surface area contributed by atoms with Crippen LogP contribution in [0.15, 0.2) is 35.2 Å². The molecule has 9 nitrogen and oxygen atoms in total. The Morgan fingerprint density at radius 1 is 1.31 bits per heavy atom. The summed E-state index contributed by atoms with van der Waals surface area (Å²) in [6, 6.07) is 7.38. The van der Waals surface area contributed by atoms with E-state index in [1.165, 1.54) is 6.33 Å². The number of nitrogens with one attached hydrogen (secondary N) is 2. The number of benzene rings is 1. The molecule has 1 amide bonds. The Kier molecular flexibility index (Phi) is 8.41. The van der Waals surface area contributed by atoms with Gasteiger partial charge in [0.1, 0.15) is 16.7 Å². The lowest BCUT2D eigenvalue weighted by Crippen LogP contribution is -2.59. The summed E-state index contributed by atoms with van der Waals surface area (Å²) in [5, 5.41) is 19.3.